The number of hydrogen-bond acceptors (Lipinski definition) is 6. The SMILES string of the molecule is CCCC(=O)N(C)C1CCN(c2ccn3ncc(-c4cccnc4OC)c3n2)C1. The maximum atomic E-state index is 12.2. The summed E-state index contributed by atoms with van der Waals surface area (Å²) in [6.07, 6.45) is 7.83. The zero-order valence-corrected chi connectivity index (χ0v) is 17.1. The predicted octanol–water partition coefficient (Wildman–Crippen LogP) is 2.64. The summed E-state index contributed by atoms with van der Waals surface area (Å²) in [6, 6.07) is 6.02. The van der Waals surface area contributed by atoms with Gasteiger partial charge in [-0.1, -0.05) is 6.92 Å². The smallest absolute Gasteiger partial charge is 0.222 e. The van der Waals surface area contributed by atoms with Crippen molar-refractivity contribution in [3.05, 3.63) is 36.8 Å². The lowest BCUT2D eigenvalue weighted by Gasteiger charge is -2.25. The molecule has 152 valence electrons. The Labute approximate surface area is 170 Å². The molecule has 1 atom stereocenters. The van der Waals surface area contributed by atoms with Crippen LogP contribution in [0.5, 0.6) is 5.88 Å². The minimum absolute atomic E-state index is 0.213. The number of anilines is 1. The Morgan fingerprint density at radius 3 is 3.00 bits per heavy atom. The van der Waals surface area contributed by atoms with Crippen molar-refractivity contribution in [3.8, 4) is 17.0 Å². The highest BCUT2D eigenvalue weighted by molar-refractivity contribution is 5.80. The van der Waals surface area contributed by atoms with Crippen molar-refractivity contribution in [2.75, 3.05) is 32.1 Å². The van der Waals surface area contributed by atoms with Gasteiger partial charge in [0, 0.05) is 44.5 Å². The molecular formula is C21H26N6O2. The van der Waals surface area contributed by atoms with E-state index in [1.807, 2.05) is 43.3 Å². The van der Waals surface area contributed by atoms with Gasteiger partial charge in [0.2, 0.25) is 11.8 Å². The number of fused-ring (bicyclic) bond motifs is 1. The van der Waals surface area contributed by atoms with E-state index in [-0.39, 0.29) is 11.9 Å². The highest BCUT2D eigenvalue weighted by Crippen LogP contribution is 2.31. The molecule has 0 bridgehead atoms. The van der Waals surface area contributed by atoms with Crippen LogP contribution in [0.3, 0.4) is 0 Å². The zero-order chi connectivity index (χ0) is 20.4. The summed E-state index contributed by atoms with van der Waals surface area (Å²) in [5.74, 6) is 1.65. The van der Waals surface area contributed by atoms with E-state index in [0.717, 1.165) is 48.5 Å². The number of likely N-dealkylation sites (N-methyl/N-ethyl adjacent to an activating group) is 1. The lowest BCUT2D eigenvalue weighted by atomic mass is 10.1. The summed E-state index contributed by atoms with van der Waals surface area (Å²) < 4.78 is 7.17. The molecule has 3 aromatic rings. The summed E-state index contributed by atoms with van der Waals surface area (Å²) in [7, 11) is 3.52. The molecule has 8 nitrogen and oxygen atoms in total. The molecule has 0 aliphatic carbocycles. The van der Waals surface area contributed by atoms with E-state index in [4.69, 9.17) is 9.72 Å². The van der Waals surface area contributed by atoms with Crippen LogP contribution < -0.4 is 9.64 Å². The first kappa shape index (κ1) is 19.2. The molecule has 0 radical (unpaired) electrons. The number of carbonyl (C=O) groups excluding carboxylic acids is 1. The van der Waals surface area contributed by atoms with Gasteiger partial charge in [-0.15, -0.1) is 0 Å². The normalized spacial score (nSPS) is 16.4. The van der Waals surface area contributed by atoms with Gasteiger partial charge in [-0.25, -0.2) is 14.5 Å². The fourth-order valence-electron chi connectivity index (χ4n) is 3.84. The van der Waals surface area contributed by atoms with Crippen molar-refractivity contribution in [2.45, 2.75) is 32.2 Å². The second-order valence-corrected chi connectivity index (χ2v) is 7.32. The van der Waals surface area contributed by atoms with Gasteiger partial charge in [-0.2, -0.15) is 5.10 Å². The molecule has 4 heterocycles. The Morgan fingerprint density at radius 2 is 2.21 bits per heavy atom. The van der Waals surface area contributed by atoms with Gasteiger partial charge < -0.3 is 14.5 Å². The van der Waals surface area contributed by atoms with E-state index in [0.29, 0.717) is 12.3 Å². The fraction of sp³-hybridized carbons (Fsp3) is 0.429. The fourth-order valence-corrected chi connectivity index (χ4v) is 3.84. The molecule has 1 amide bonds. The van der Waals surface area contributed by atoms with Crippen LogP contribution in [0.4, 0.5) is 5.82 Å². The average Bonchev–Trinajstić information content (AvgIpc) is 3.40. The Hall–Kier alpha value is -3.16. The predicted molar refractivity (Wildman–Crippen MR) is 111 cm³/mol. The molecule has 1 saturated heterocycles. The second-order valence-electron chi connectivity index (χ2n) is 7.32. The van der Waals surface area contributed by atoms with E-state index in [9.17, 15) is 4.79 Å². The molecule has 0 aromatic carbocycles. The molecule has 1 aliphatic heterocycles. The molecule has 29 heavy (non-hydrogen) atoms. The van der Waals surface area contributed by atoms with Crippen molar-refractivity contribution in [1.82, 2.24) is 24.5 Å². The van der Waals surface area contributed by atoms with Crippen LogP contribution in [0.2, 0.25) is 0 Å². The van der Waals surface area contributed by atoms with Crippen molar-refractivity contribution >= 4 is 17.4 Å². The van der Waals surface area contributed by atoms with Crippen LogP contribution in [0.15, 0.2) is 36.8 Å². The number of pyridine rings is 1. The molecule has 1 unspecified atom stereocenters. The van der Waals surface area contributed by atoms with Gasteiger partial charge in [-0.3, -0.25) is 4.79 Å². The minimum atomic E-state index is 0.213. The number of rotatable bonds is 6. The quantitative estimate of drug-likeness (QED) is 0.640. The molecular weight excluding hydrogens is 368 g/mol. The first-order valence-electron chi connectivity index (χ1n) is 9.96. The van der Waals surface area contributed by atoms with Crippen molar-refractivity contribution in [3.63, 3.8) is 0 Å². The number of nitrogens with zero attached hydrogens (tertiary/aromatic N) is 6. The molecule has 1 aliphatic rings. The Bertz CT molecular complexity index is 1020. The van der Waals surface area contributed by atoms with Crippen LogP contribution in [0.1, 0.15) is 26.2 Å². The lowest BCUT2D eigenvalue weighted by molar-refractivity contribution is -0.131. The molecule has 4 rings (SSSR count). The Morgan fingerprint density at radius 1 is 1.34 bits per heavy atom. The zero-order valence-electron chi connectivity index (χ0n) is 17.1. The maximum Gasteiger partial charge on any atom is 0.222 e. The van der Waals surface area contributed by atoms with Gasteiger partial charge in [-0.05, 0) is 31.0 Å². The maximum absolute atomic E-state index is 12.2. The summed E-state index contributed by atoms with van der Waals surface area (Å²) in [5, 5.41) is 4.42. The average molecular weight is 394 g/mol. The highest BCUT2D eigenvalue weighted by atomic mass is 16.5. The molecule has 3 aromatic heterocycles. The Balaban J connectivity index is 1.61. The number of hydrogen-bond donors (Lipinski definition) is 0. The highest BCUT2D eigenvalue weighted by Gasteiger charge is 2.29. The van der Waals surface area contributed by atoms with Gasteiger partial charge in [0.05, 0.1) is 24.9 Å². The van der Waals surface area contributed by atoms with Crippen LogP contribution in [-0.2, 0) is 4.79 Å². The summed E-state index contributed by atoms with van der Waals surface area (Å²) in [4.78, 5) is 25.5. The van der Waals surface area contributed by atoms with Crippen LogP contribution in [0.25, 0.3) is 16.8 Å². The lowest BCUT2D eigenvalue weighted by Crippen LogP contribution is -2.39. The number of ether oxygens (including phenoxy) is 1. The third kappa shape index (κ3) is 3.62. The first-order valence-corrected chi connectivity index (χ1v) is 9.96. The summed E-state index contributed by atoms with van der Waals surface area (Å²) in [5.41, 5.74) is 2.49. The molecule has 8 heteroatoms. The van der Waals surface area contributed by atoms with Crippen molar-refractivity contribution in [1.29, 1.82) is 0 Å². The molecule has 0 spiro atoms. The molecule has 0 saturated carbocycles. The van der Waals surface area contributed by atoms with E-state index in [1.54, 1.807) is 24.0 Å². The molecule has 0 N–H and O–H groups in total. The van der Waals surface area contributed by atoms with Crippen LogP contribution in [-0.4, -0.2) is 63.7 Å². The van der Waals surface area contributed by atoms with Crippen molar-refractivity contribution < 1.29 is 9.53 Å². The Kier molecular flexibility index (Phi) is 5.33. The largest absolute Gasteiger partial charge is 0.481 e. The third-order valence-corrected chi connectivity index (χ3v) is 5.50. The second kappa shape index (κ2) is 8.06. The standard InChI is InChI=1S/C21H26N6O2/c1-4-6-19(28)25(2)15-8-11-26(14-15)18-9-12-27-20(24-18)17(13-23-27)16-7-5-10-22-21(16)29-3/h5,7,9-10,12-13,15H,4,6,8,11,14H2,1-3H3. The first-order chi connectivity index (χ1) is 14.1. The van der Waals surface area contributed by atoms with Gasteiger partial charge in [0.25, 0.3) is 0 Å². The van der Waals surface area contributed by atoms with Gasteiger partial charge >= 0.3 is 0 Å². The topological polar surface area (TPSA) is 75.9 Å². The van der Waals surface area contributed by atoms with E-state index >= 15 is 0 Å². The van der Waals surface area contributed by atoms with E-state index in [2.05, 4.69) is 15.0 Å². The summed E-state index contributed by atoms with van der Waals surface area (Å²) >= 11 is 0. The van der Waals surface area contributed by atoms with Crippen LogP contribution in [0, 0.1) is 0 Å². The van der Waals surface area contributed by atoms with E-state index in [1.165, 1.54) is 0 Å². The number of aromatic nitrogens is 4. The monoisotopic (exact) mass is 394 g/mol. The number of amides is 1. The minimum Gasteiger partial charge on any atom is -0.481 e. The molecule has 1 fully saturated rings. The van der Waals surface area contributed by atoms with Gasteiger partial charge in [0.1, 0.15) is 5.82 Å². The van der Waals surface area contributed by atoms with Crippen LogP contribution >= 0.6 is 0 Å². The van der Waals surface area contributed by atoms with Crippen molar-refractivity contribution in [2.24, 2.45) is 0 Å². The number of methoxy groups -OCH3 is 1. The summed E-state index contributed by atoms with van der Waals surface area (Å²) in [6.45, 7) is 3.69. The third-order valence-electron chi connectivity index (χ3n) is 5.50. The van der Waals surface area contributed by atoms with E-state index < -0.39 is 0 Å². The number of carbonyl (C=O) groups is 1. The van der Waals surface area contributed by atoms with Gasteiger partial charge in [0.15, 0.2) is 5.65 Å².